The first kappa shape index (κ1) is 12.3. The van der Waals surface area contributed by atoms with Crippen LogP contribution in [0, 0.1) is 13.8 Å². The smallest absolute Gasteiger partial charge is 0.250 e. The van der Waals surface area contributed by atoms with Gasteiger partial charge in [-0.15, -0.1) is 0 Å². The number of rotatable bonds is 2. The Hall–Kier alpha value is -2.16. The lowest BCUT2D eigenvalue weighted by atomic mass is 10.0. The molecule has 0 N–H and O–H groups in total. The van der Waals surface area contributed by atoms with Crippen LogP contribution in [0.2, 0.25) is 0 Å². The maximum atomic E-state index is 12.3. The lowest BCUT2D eigenvalue weighted by Crippen LogP contribution is -2.21. The van der Waals surface area contributed by atoms with Crippen LogP contribution in [0.15, 0.2) is 41.2 Å². The standard InChI is InChI=1S/C15H15NO2/c1-10-4-6-12(7-5-10)15(18)13-8-9-14(17)16(3)11(13)2/h4-9H,1-3H3. The SMILES string of the molecule is Cc1ccc(C(=O)c2ccc(=O)n(C)c2C)cc1. The highest BCUT2D eigenvalue weighted by atomic mass is 16.1. The van der Waals surface area contributed by atoms with E-state index in [1.54, 1.807) is 20.0 Å². The van der Waals surface area contributed by atoms with Crippen molar-refractivity contribution in [3.63, 3.8) is 0 Å². The minimum Gasteiger partial charge on any atom is -0.315 e. The molecule has 1 aromatic carbocycles. The molecule has 0 saturated carbocycles. The molecule has 0 aliphatic heterocycles. The maximum Gasteiger partial charge on any atom is 0.250 e. The highest BCUT2D eigenvalue weighted by Crippen LogP contribution is 2.13. The Bertz CT molecular complexity index is 651. The topological polar surface area (TPSA) is 39.1 Å². The van der Waals surface area contributed by atoms with Crippen LogP contribution in [0.5, 0.6) is 0 Å². The lowest BCUT2D eigenvalue weighted by molar-refractivity contribution is 0.103. The van der Waals surface area contributed by atoms with Gasteiger partial charge < -0.3 is 4.57 Å². The molecular formula is C15H15NO2. The van der Waals surface area contributed by atoms with E-state index in [-0.39, 0.29) is 11.3 Å². The van der Waals surface area contributed by atoms with Crippen LogP contribution in [-0.2, 0) is 7.05 Å². The van der Waals surface area contributed by atoms with Crippen molar-refractivity contribution in [2.75, 3.05) is 0 Å². The van der Waals surface area contributed by atoms with Crippen LogP contribution in [-0.4, -0.2) is 10.4 Å². The second-order valence-electron chi connectivity index (χ2n) is 4.42. The number of ketones is 1. The molecule has 18 heavy (non-hydrogen) atoms. The summed E-state index contributed by atoms with van der Waals surface area (Å²) in [5, 5.41) is 0. The Morgan fingerprint density at radius 2 is 1.61 bits per heavy atom. The molecule has 92 valence electrons. The summed E-state index contributed by atoms with van der Waals surface area (Å²) in [6, 6.07) is 10.5. The molecule has 0 unspecified atom stereocenters. The summed E-state index contributed by atoms with van der Waals surface area (Å²) >= 11 is 0. The van der Waals surface area contributed by atoms with Crippen molar-refractivity contribution in [2.24, 2.45) is 7.05 Å². The van der Waals surface area contributed by atoms with Crippen LogP contribution in [0.3, 0.4) is 0 Å². The highest BCUT2D eigenvalue weighted by molar-refractivity contribution is 6.09. The van der Waals surface area contributed by atoms with E-state index in [1.165, 1.54) is 10.6 Å². The Morgan fingerprint density at radius 3 is 2.22 bits per heavy atom. The molecule has 3 heteroatoms. The van der Waals surface area contributed by atoms with Gasteiger partial charge in [0.2, 0.25) is 5.56 Å². The minimum atomic E-state index is -0.104. The van der Waals surface area contributed by atoms with Gasteiger partial charge >= 0.3 is 0 Å². The summed E-state index contributed by atoms with van der Waals surface area (Å²) < 4.78 is 1.49. The summed E-state index contributed by atoms with van der Waals surface area (Å²) in [4.78, 5) is 23.8. The third kappa shape index (κ3) is 2.12. The van der Waals surface area contributed by atoms with Crippen molar-refractivity contribution >= 4 is 5.78 Å². The van der Waals surface area contributed by atoms with Gasteiger partial charge in [-0.1, -0.05) is 29.8 Å². The average Bonchev–Trinajstić information content (AvgIpc) is 2.36. The zero-order valence-corrected chi connectivity index (χ0v) is 10.7. The Morgan fingerprint density at radius 1 is 1.00 bits per heavy atom. The molecule has 1 heterocycles. The summed E-state index contributed by atoms with van der Waals surface area (Å²) in [7, 11) is 1.67. The van der Waals surface area contributed by atoms with Crippen molar-refractivity contribution in [1.82, 2.24) is 4.57 Å². The molecule has 0 aliphatic carbocycles. The third-order valence-electron chi connectivity index (χ3n) is 3.17. The molecule has 2 rings (SSSR count). The van der Waals surface area contributed by atoms with Crippen LogP contribution in [0.1, 0.15) is 27.2 Å². The number of carbonyl (C=O) groups is 1. The fraction of sp³-hybridized carbons (Fsp3) is 0.200. The summed E-state index contributed by atoms with van der Waals surface area (Å²) in [5.41, 5.74) is 2.91. The van der Waals surface area contributed by atoms with Gasteiger partial charge in [0, 0.05) is 29.9 Å². The van der Waals surface area contributed by atoms with E-state index < -0.39 is 0 Å². The van der Waals surface area contributed by atoms with Crippen molar-refractivity contribution < 1.29 is 4.79 Å². The van der Waals surface area contributed by atoms with Gasteiger partial charge in [0.15, 0.2) is 5.78 Å². The van der Waals surface area contributed by atoms with Crippen LogP contribution in [0.4, 0.5) is 0 Å². The van der Waals surface area contributed by atoms with Crippen molar-refractivity contribution in [3.05, 3.63) is 69.1 Å². The quantitative estimate of drug-likeness (QED) is 0.756. The Labute approximate surface area is 106 Å². The van der Waals surface area contributed by atoms with Gasteiger partial charge in [-0.2, -0.15) is 0 Å². The molecule has 0 amide bonds. The monoisotopic (exact) mass is 241 g/mol. The second-order valence-corrected chi connectivity index (χ2v) is 4.42. The number of pyridine rings is 1. The molecule has 3 nitrogen and oxygen atoms in total. The number of benzene rings is 1. The normalized spacial score (nSPS) is 10.4. The van der Waals surface area contributed by atoms with Gasteiger partial charge in [-0.3, -0.25) is 9.59 Å². The van der Waals surface area contributed by atoms with Gasteiger partial charge in [0.25, 0.3) is 0 Å². The highest BCUT2D eigenvalue weighted by Gasteiger charge is 2.13. The number of aromatic nitrogens is 1. The number of aryl methyl sites for hydroxylation is 1. The largest absolute Gasteiger partial charge is 0.315 e. The summed E-state index contributed by atoms with van der Waals surface area (Å²) in [6.07, 6.45) is 0. The molecular weight excluding hydrogens is 226 g/mol. The Kier molecular flexibility index (Phi) is 3.15. The summed E-state index contributed by atoms with van der Waals surface area (Å²) in [6.45, 7) is 3.76. The van der Waals surface area contributed by atoms with E-state index in [0.29, 0.717) is 16.8 Å². The average molecular weight is 241 g/mol. The number of carbonyl (C=O) groups excluding carboxylic acids is 1. The summed E-state index contributed by atoms with van der Waals surface area (Å²) in [5.74, 6) is -0.0527. The molecule has 0 fully saturated rings. The lowest BCUT2D eigenvalue weighted by Gasteiger charge is -2.09. The van der Waals surface area contributed by atoms with E-state index >= 15 is 0 Å². The van der Waals surface area contributed by atoms with Gasteiger partial charge in [0.1, 0.15) is 0 Å². The first-order chi connectivity index (χ1) is 8.50. The number of nitrogens with zero attached hydrogens (tertiary/aromatic N) is 1. The predicted octanol–water partition coefficient (Wildman–Crippen LogP) is 2.23. The van der Waals surface area contributed by atoms with E-state index in [0.717, 1.165) is 5.56 Å². The minimum absolute atomic E-state index is 0.0527. The molecule has 0 spiro atoms. The second kappa shape index (κ2) is 4.61. The van der Waals surface area contributed by atoms with E-state index in [4.69, 9.17) is 0 Å². The van der Waals surface area contributed by atoms with Gasteiger partial charge in [-0.05, 0) is 19.9 Å². The van der Waals surface area contributed by atoms with Crippen LogP contribution in [0.25, 0.3) is 0 Å². The fourth-order valence-electron chi connectivity index (χ4n) is 1.83. The molecule has 0 radical (unpaired) electrons. The zero-order chi connectivity index (χ0) is 13.3. The van der Waals surface area contributed by atoms with Gasteiger partial charge in [-0.25, -0.2) is 0 Å². The molecule has 0 atom stereocenters. The molecule has 0 saturated heterocycles. The molecule has 2 aromatic rings. The zero-order valence-electron chi connectivity index (χ0n) is 10.7. The fourth-order valence-corrected chi connectivity index (χ4v) is 1.83. The Balaban J connectivity index is 2.50. The first-order valence-electron chi connectivity index (χ1n) is 5.78. The molecule has 0 aliphatic rings. The van der Waals surface area contributed by atoms with E-state index in [9.17, 15) is 9.59 Å². The van der Waals surface area contributed by atoms with Crippen molar-refractivity contribution in [2.45, 2.75) is 13.8 Å². The van der Waals surface area contributed by atoms with E-state index in [2.05, 4.69) is 0 Å². The third-order valence-corrected chi connectivity index (χ3v) is 3.17. The number of hydrogen-bond donors (Lipinski definition) is 0. The van der Waals surface area contributed by atoms with Crippen LogP contribution < -0.4 is 5.56 Å². The van der Waals surface area contributed by atoms with E-state index in [1.807, 2.05) is 31.2 Å². The first-order valence-corrected chi connectivity index (χ1v) is 5.78. The predicted molar refractivity (Wildman–Crippen MR) is 71.0 cm³/mol. The van der Waals surface area contributed by atoms with Gasteiger partial charge in [0.05, 0.1) is 0 Å². The molecule has 1 aromatic heterocycles. The van der Waals surface area contributed by atoms with Crippen molar-refractivity contribution in [3.8, 4) is 0 Å². The van der Waals surface area contributed by atoms with Crippen LogP contribution >= 0.6 is 0 Å². The number of hydrogen-bond acceptors (Lipinski definition) is 2. The molecule has 0 bridgehead atoms. The van der Waals surface area contributed by atoms with Crippen molar-refractivity contribution in [1.29, 1.82) is 0 Å². The maximum absolute atomic E-state index is 12.3.